The number of benzene rings is 2. The largest absolute Gasteiger partial charge is 0.416 e. The lowest BCUT2D eigenvalue weighted by molar-refractivity contribution is -0.745. The second-order valence-electron chi connectivity index (χ2n) is 7.88. The molecule has 3 aromatic heterocycles. The molecule has 0 saturated carbocycles. The van der Waals surface area contributed by atoms with E-state index in [1.165, 1.54) is 30.6 Å². The molecule has 0 atom stereocenters. The van der Waals surface area contributed by atoms with Crippen LogP contribution in [0.2, 0.25) is 0 Å². The normalized spacial score (nSPS) is 11.6. The summed E-state index contributed by atoms with van der Waals surface area (Å²) in [6, 6.07) is 11.9. The fraction of sp³-hybridized carbons (Fsp3) is 0.0800. The van der Waals surface area contributed by atoms with E-state index in [-0.39, 0.29) is 17.0 Å². The molecule has 5 aromatic rings. The van der Waals surface area contributed by atoms with Gasteiger partial charge in [0, 0.05) is 17.3 Å². The van der Waals surface area contributed by atoms with Crippen molar-refractivity contribution >= 4 is 11.0 Å². The standard InChI is InChI=1S/C25H13F5N6/c26-19-3-1-2-18(23(19)27)24-34-21-11-33-36(13-22(21)35-24)12-14-4-7-20(32-10-14)17-6-5-16(25(28,29)30)8-15(17)9-31/h1-8,10-11,13H,12H2/p+1. The highest BCUT2D eigenvalue weighted by molar-refractivity contribution is 5.77. The van der Waals surface area contributed by atoms with E-state index in [0.29, 0.717) is 28.8 Å². The topological polar surface area (TPSA) is 82.1 Å². The van der Waals surface area contributed by atoms with E-state index in [1.807, 2.05) is 0 Å². The minimum absolute atomic E-state index is 0.00227. The summed E-state index contributed by atoms with van der Waals surface area (Å²) in [5, 5.41) is 13.6. The third-order valence-corrected chi connectivity index (χ3v) is 5.49. The molecule has 0 aliphatic carbocycles. The first-order chi connectivity index (χ1) is 17.2. The summed E-state index contributed by atoms with van der Waals surface area (Å²) in [6.07, 6.45) is 0.122. The average Bonchev–Trinajstić information content (AvgIpc) is 3.28. The molecule has 36 heavy (non-hydrogen) atoms. The molecule has 0 unspecified atom stereocenters. The molecular weight excluding hydrogens is 479 g/mol. The van der Waals surface area contributed by atoms with Gasteiger partial charge in [0.05, 0.1) is 28.5 Å². The average molecular weight is 493 g/mol. The van der Waals surface area contributed by atoms with Crippen LogP contribution in [-0.4, -0.2) is 20.1 Å². The fourth-order valence-corrected chi connectivity index (χ4v) is 3.71. The predicted octanol–water partition coefficient (Wildman–Crippen LogP) is 5.19. The van der Waals surface area contributed by atoms with Gasteiger partial charge in [0.15, 0.2) is 11.6 Å². The third-order valence-electron chi connectivity index (χ3n) is 5.49. The predicted molar refractivity (Wildman–Crippen MR) is 118 cm³/mol. The molecule has 178 valence electrons. The van der Waals surface area contributed by atoms with Gasteiger partial charge in [-0.2, -0.15) is 18.4 Å². The molecule has 0 amide bonds. The van der Waals surface area contributed by atoms with E-state index in [2.05, 4.69) is 20.1 Å². The number of halogens is 5. The third kappa shape index (κ3) is 4.36. The Kier molecular flexibility index (Phi) is 5.64. The van der Waals surface area contributed by atoms with Gasteiger partial charge in [-0.1, -0.05) is 16.8 Å². The molecule has 0 aliphatic heterocycles. The smallest absolute Gasteiger partial charge is 0.333 e. The van der Waals surface area contributed by atoms with Gasteiger partial charge in [-0.3, -0.25) is 4.98 Å². The van der Waals surface area contributed by atoms with Gasteiger partial charge in [-0.25, -0.2) is 13.8 Å². The Morgan fingerprint density at radius 3 is 2.56 bits per heavy atom. The highest BCUT2D eigenvalue weighted by Gasteiger charge is 2.31. The van der Waals surface area contributed by atoms with E-state index < -0.39 is 23.4 Å². The number of nitrogens with zero attached hydrogens (tertiary/aromatic N) is 5. The van der Waals surface area contributed by atoms with Crippen molar-refractivity contribution in [3.05, 3.63) is 95.4 Å². The Balaban J connectivity index is 1.39. The lowest BCUT2D eigenvalue weighted by Gasteiger charge is -2.09. The van der Waals surface area contributed by atoms with Crippen LogP contribution in [0.25, 0.3) is 33.7 Å². The van der Waals surface area contributed by atoms with E-state index in [9.17, 15) is 27.2 Å². The van der Waals surface area contributed by atoms with Crippen molar-refractivity contribution < 1.29 is 26.6 Å². The number of imidazole rings is 1. The lowest BCUT2D eigenvalue weighted by Crippen LogP contribution is -2.37. The number of pyridine rings is 1. The Labute approximate surface area is 200 Å². The fourth-order valence-electron chi connectivity index (χ4n) is 3.71. The van der Waals surface area contributed by atoms with Crippen LogP contribution in [0.1, 0.15) is 16.7 Å². The van der Waals surface area contributed by atoms with Crippen molar-refractivity contribution in [1.82, 2.24) is 20.1 Å². The van der Waals surface area contributed by atoms with E-state index in [1.54, 1.807) is 29.1 Å². The summed E-state index contributed by atoms with van der Waals surface area (Å²) >= 11 is 0. The zero-order valence-electron chi connectivity index (χ0n) is 18.2. The quantitative estimate of drug-likeness (QED) is 0.276. The van der Waals surface area contributed by atoms with Crippen LogP contribution in [0.5, 0.6) is 0 Å². The number of aromatic nitrogens is 5. The molecule has 0 bridgehead atoms. The molecule has 0 aliphatic rings. The van der Waals surface area contributed by atoms with Crippen molar-refractivity contribution in [2.45, 2.75) is 12.7 Å². The van der Waals surface area contributed by atoms with Gasteiger partial charge in [-0.15, -0.1) is 0 Å². The number of rotatable bonds is 4. The van der Waals surface area contributed by atoms with Crippen LogP contribution < -0.4 is 4.68 Å². The van der Waals surface area contributed by atoms with E-state index in [4.69, 9.17) is 0 Å². The highest BCUT2D eigenvalue weighted by Crippen LogP contribution is 2.32. The monoisotopic (exact) mass is 493 g/mol. The molecule has 5 rings (SSSR count). The van der Waals surface area contributed by atoms with Crippen LogP contribution in [0.4, 0.5) is 22.0 Å². The first-order valence-corrected chi connectivity index (χ1v) is 10.5. The minimum Gasteiger partial charge on any atom is -0.333 e. The minimum atomic E-state index is -4.55. The molecule has 2 aromatic carbocycles. The first kappa shape index (κ1) is 23.0. The van der Waals surface area contributed by atoms with Gasteiger partial charge in [0.2, 0.25) is 12.7 Å². The first-order valence-electron chi connectivity index (χ1n) is 10.5. The molecular formula is C25H14F5N6+. The number of nitriles is 1. The van der Waals surface area contributed by atoms with Crippen molar-refractivity contribution in [2.75, 3.05) is 0 Å². The van der Waals surface area contributed by atoms with Crippen molar-refractivity contribution in [1.29, 1.82) is 5.26 Å². The Morgan fingerprint density at radius 2 is 1.83 bits per heavy atom. The molecule has 0 radical (unpaired) electrons. The van der Waals surface area contributed by atoms with Crippen LogP contribution >= 0.6 is 0 Å². The second kappa shape index (κ2) is 8.81. The highest BCUT2D eigenvalue weighted by atomic mass is 19.4. The number of hydrogen-bond acceptors (Lipinski definition) is 4. The van der Waals surface area contributed by atoms with Crippen LogP contribution in [0.15, 0.2) is 67.1 Å². The van der Waals surface area contributed by atoms with Crippen LogP contribution in [-0.2, 0) is 12.7 Å². The van der Waals surface area contributed by atoms with Crippen LogP contribution in [0.3, 0.4) is 0 Å². The maximum atomic E-state index is 14.1. The number of hydrogen-bond donors (Lipinski definition) is 1. The molecule has 0 spiro atoms. The summed E-state index contributed by atoms with van der Waals surface area (Å²) in [4.78, 5) is 11.5. The van der Waals surface area contributed by atoms with Gasteiger partial charge in [-0.05, 0) is 41.5 Å². The van der Waals surface area contributed by atoms with Gasteiger partial charge < -0.3 is 4.98 Å². The number of H-pyrrole nitrogens is 1. The number of aromatic amines is 1. The van der Waals surface area contributed by atoms with Gasteiger partial charge in [0.25, 0.3) is 0 Å². The molecule has 0 saturated heterocycles. The lowest BCUT2D eigenvalue weighted by atomic mass is 10.0. The van der Waals surface area contributed by atoms with Gasteiger partial charge in [0.1, 0.15) is 23.1 Å². The van der Waals surface area contributed by atoms with Crippen molar-refractivity contribution in [2.24, 2.45) is 0 Å². The second-order valence-corrected chi connectivity index (χ2v) is 7.88. The maximum Gasteiger partial charge on any atom is 0.416 e. The van der Waals surface area contributed by atoms with Gasteiger partial charge >= 0.3 is 6.18 Å². The van der Waals surface area contributed by atoms with E-state index >= 15 is 0 Å². The number of fused-ring (bicyclic) bond motifs is 1. The molecule has 0 fully saturated rings. The molecule has 6 nitrogen and oxygen atoms in total. The molecule has 1 N–H and O–H groups in total. The Bertz CT molecular complexity index is 1630. The number of nitrogens with one attached hydrogen (secondary N) is 1. The summed E-state index contributed by atoms with van der Waals surface area (Å²) in [5.74, 6) is -1.82. The van der Waals surface area contributed by atoms with Crippen molar-refractivity contribution in [3.8, 4) is 28.7 Å². The Hall–Kier alpha value is -4.72. The molecule has 3 heterocycles. The molecule has 11 heteroatoms. The maximum absolute atomic E-state index is 14.1. The summed E-state index contributed by atoms with van der Waals surface area (Å²) < 4.78 is 68.1. The SMILES string of the molecule is N#Cc1cc(C(F)(F)F)ccc1-c1ccc(C[n+]2cc3[nH]c(-c4cccc(F)c4F)nc3cn2)cn1. The van der Waals surface area contributed by atoms with Crippen LogP contribution in [0, 0.1) is 23.0 Å². The zero-order chi connectivity index (χ0) is 25.4. The summed E-state index contributed by atoms with van der Waals surface area (Å²) in [7, 11) is 0. The summed E-state index contributed by atoms with van der Waals surface area (Å²) in [5.41, 5.74) is 1.36. The number of alkyl halides is 3. The summed E-state index contributed by atoms with van der Waals surface area (Å²) in [6.45, 7) is 0.296. The van der Waals surface area contributed by atoms with Crippen molar-refractivity contribution in [3.63, 3.8) is 0 Å². The Morgan fingerprint density at radius 1 is 1.00 bits per heavy atom. The van der Waals surface area contributed by atoms with E-state index in [0.717, 1.165) is 23.8 Å². The zero-order valence-corrected chi connectivity index (χ0v) is 18.2.